The van der Waals surface area contributed by atoms with Crippen LogP contribution in [0.4, 0.5) is 4.79 Å². The highest BCUT2D eigenvalue weighted by atomic mass is 16.6. The lowest BCUT2D eigenvalue weighted by Gasteiger charge is -2.42. The molecule has 1 amide bonds. The molecule has 25 heavy (non-hydrogen) atoms. The monoisotopic (exact) mass is 336 g/mol. The Labute approximate surface area is 146 Å². The van der Waals surface area contributed by atoms with Crippen molar-refractivity contribution in [3.8, 4) is 5.75 Å². The second-order valence-electron chi connectivity index (χ2n) is 7.15. The van der Waals surface area contributed by atoms with Crippen LogP contribution < -0.4 is 4.74 Å². The maximum atomic E-state index is 12.6. The molecule has 1 fully saturated rings. The summed E-state index contributed by atoms with van der Waals surface area (Å²) in [6, 6.07) is 17.1. The first-order valence-corrected chi connectivity index (χ1v) is 8.33. The maximum absolute atomic E-state index is 12.6. The first kappa shape index (κ1) is 15.7. The summed E-state index contributed by atoms with van der Waals surface area (Å²) in [5.74, 6) is 0.836. The number of amidine groups is 1. The quantitative estimate of drug-likeness (QED) is 0.899. The molecule has 2 heterocycles. The van der Waals surface area contributed by atoms with Gasteiger partial charge in [0.1, 0.15) is 11.4 Å². The lowest BCUT2D eigenvalue weighted by atomic mass is 9.79. The Balaban J connectivity index is 1.76. The number of amides is 1. The molecule has 0 radical (unpaired) electrons. The summed E-state index contributed by atoms with van der Waals surface area (Å²) in [7, 11) is 0. The van der Waals surface area contributed by atoms with Crippen molar-refractivity contribution in [3.63, 3.8) is 0 Å². The third-order valence-electron chi connectivity index (χ3n) is 4.70. The number of carbonyl (C=O) groups is 1. The number of nitrogens with zero attached hydrogens (tertiary/aromatic N) is 1. The molecule has 2 aromatic rings. The summed E-state index contributed by atoms with van der Waals surface area (Å²) in [5.41, 5.74) is 0.0672. The minimum Gasteiger partial charge on any atom is -0.487 e. The van der Waals surface area contributed by atoms with Crippen molar-refractivity contribution in [1.29, 1.82) is 5.41 Å². The predicted molar refractivity (Wildman–Crippen MR) is 93.6 cm³/mol. The van der Waals surface area contributed by atoms with Crippen molar-refractivity contribution in [1.82, 2.24) is 4.90 Å². The number of nitrogens with one attached hydrogen (secondary N) is 1. The van der Waals surface area contributed by atoms with Crippen molar-refractivity contribution in [2.75, 3.05) is 0 Å². The van der Waals surface area contributed by atoms with E-state index in [4.69, 9.17) is 14.9 Å². The van der Waals surface area contributed by atoms with Gasteiger partial charge in [-0.1, -0.05) is 48.5 Å². The van der Waals surface area contributed by atoms with Gasteiger partial charge in [-0.05, 0) is 25.5 Å². The molecule has 5 heteroatoms. The number of para-hydroxylation sites is 1. The van der Waals surface area contributed by atoms with Crippen molar-refractivity contribution < 1.29 is 14.3 Å². The van der Waals surface area contributed by atoms with E-state index in [0.29, 0.717) is 18.7 Å². The van der Waals surface area contributed by atoms with E-state index in [9.17, 15) is 4.79 Å². The van der Waals surface area contributed by atoms with Crippen LogP contribution in [0.25, 0.3) is 0 Å². The summed E-state index contributed by atoms with van der Waals surface area (Å²) in [5, 5.41) is 8.76. The molecule has 2 aliphatic heterocycles. The summed E-state index contributed by atoms with van der Waals surface area (Å²) in [6.45, 7) is 4.22. The fourth-order valence-corrected chi connectivity index (χ4v) is 3.69. The zero-order valence-electron chi connectivity index (χ0n) is 14.3. The van der Waals surface area contributed by atoms with Crippen LogP contribution in [0.15, 0.2) is 54.6 Å². The van der Waals surface area contributed by atoms with E-state index in [-0.39, 0.29) is 5.84 Å². The standard InChI is InChI=1S/C20H20N2O3/c1-19(2)13-20(15-10-6-7-11-16(15)24-19)17(21)22(18(23)25-20)12-14-8-4-3-5-9-14/h3-11,21H,12-13H2,1-2H3. The van der Waals surface area contributed by atoms with E-state index in [2.05, 4.69) is 0 Å². The number of hydrogen-bond donors (Lipinski definition) is 1. The molecule has 0 aliphatic carbocycles. The third-order valence-corrected chi connectivity index (χ3v) is 4.70. The first-order valence-electron chi connectivity index (χ1n) is 8.33. The summed E-state index contributed by atoms with van der Waals surface area (Å²) < 4.78 is 11.9. The fourth-order valence-electron chi connectivity index (χ4n) is 3.69. The SMILES string of the molecule is CC1(C)CC2(OC(=O)N(Cc3ccccc3)C2=N)c2ccccc2O1. The van der Waals surface area contributed by atoms with Crippen LogP contribution in [0.2, 0.25) is 0 Å². The zero-order chi connectivity index (χ0) is 17.7. The van der Waals surface area contributed by atoms with Crippen molar-refractivity contribution >= 4 is 11.9 Å². The van der Waals surface area contributed by atoms with Crippen LogP contribution in [-0.2, 0) is 16.9 Å². The number of rotatable bonds is 2. The van der Waals surface area contributed by atoms with Crippen molar-refractivity contribution in [3.05, 3.63) is 65.7 Å². The minimum atomic E-state index is -1.09. The van der Waals surface area contributed by atoms with Gasteiger partial charge >= 0.3 is 6.09 Å². The van der Waals surface area contributed by atoms with Crippen LogP contribution in [-0.4, -0.2) is 22.4 Å². The van der Waals surface area contributed by atoms with E-state index >= 15 is 0 Å². The Morgan fingerprint density at radius 3 is 2.48 bits per heavy atom. The second-order valence-corrected chi connectivity index (χ2v) is 7.15. The molecule has 4 rings (SSSR count). The van der Waals surface area contributed by atoms with E-state index in [1.807, 2.05) is 68.4 Å². The second kappa shape index (κ2) is 5.34. The highest BCUT2D eigenvalue weighted by molar-refractivity contribution is 6.05. The Kier molecular flexibility index (Phi) is 3.35. The molecular weight excluding hydrogens is 316 g/mol. The topological polar surface area (TPSA) is 62.6 Å². The van der Waals surface area contributed by atoms with Crippen LogP contribution in [0.5, 0.6) is 5.75 Å². The highest BCUT2D eigenvalue weighted by Crippen LogP contribution is 2.49. The Hall–Kier alpha value is -2.82. The van der Waals surface area contributed by atoms with Gasteiger partial charge in [-0.3, -0.25) is 10.3 Å². The number of fused-ring (bicyclic) bond motifs is 2. The zero-order valence-corrected chi connectivity index (χ0v) is 14.3. The summed E-state index contributed by atoms with van der Waals surface area (Å²) in [4.78, 5) is 14.0. The van der Waals surface area contributed by atoms with Gasteiger partial charge in [0.25, 0.3) is 0 Å². The Bertz CT molecular complexity index is 847. The van der Waals surface area contributed by atoms with Gasteiger partial charge in [0.05, 0.1) is 6.54 Å². The largest absolute Gasteiger partial charge is 0.487 e. The molecule has 1 atom stereocenters. The van der Waals surface area contributed by atoms with Crippen LogP contribution in [0, 0.1) is 5.41 Å². The molecule has 128 valence electrons. The average Bonchev–Trinajstić information content (AvgIpc) is 2.79. The molecule has 0 saturated carbocycles. The predicted octanol–water partition coefficient (Wildman–Crippen LogP) is 4.07. The van der Waals surface area contributed by atoms with Gasteiger partial charge in [0.2, 0.25) is 5.60 Å². The smallest absolute Gasteiger partial charge is 0.417 e. The molecule has 0 bridgehead atoms. The van der Waals surface area contributed by atoms with E-state index in [1.54, 1.807) is 0 Å². The lowest BCUT2D eigenvalue weighted by Crippen LogP contribution is -2.49. The Morgan fingerprint density at radius 2 is 1.72 bits per heavy atom. The normalized spacial score (nSPS) is 24.0. The molecule has 0 aromatic heterocycles. The van der Waals surface area contributed by atoms with Crippen LogP contribution in [0.1, 0.15) is 31.4 Å². The van der Waals surface area contributed by atoms with E-state index in [0.717, 1.165) is 11.1 Å². The molecule has 2 aliphatic rings. The van der Waals surface area contributed by atoms with Crippen LogP contribution in [0.3, 0.4) is 0 Å². The van der Waals surface area contributed by atoms with Gasteiger partial charge < -0.3 is 9.47 Å². The lowest BCUT2D eigenvalue weighted by molar-refractivity contribution is -0.0208. The Morgan fingerprint density at radius 1 is 1.04 bits per heavy atom. The fraction of sp³-hybridized carbons (Fsp3) is 0.300. The number of benzene rings is 2. The van der Waals surface area contributed by atoms with E-state index in [1.165, 1.54) is 4.90 Å². The van der Waals surface area contributed by atoms with Gasteiger partial charge in [0.15, 0.2) is 5.84 Å². The van der Waals surface area contributed by atoms with Crippen molar-refractivity contribution in [2.45, 2.75) is 38.0 Å². The average molecular weight is 336 g/mol. The molecular formula is C20H20N2O3. The summed E-state index contributed by atoms with van der Waals surface area (Å²) >= 11 is 0. The van der Waals surface area contributed by atoms with Gasteiger partial charge in [0, 0.05) is 12.0 Å². The minimum absolute atomic E-state index is 0.171. The third kappa shape index (κ3) is 2.47. The number of ether oxygens (including phenoxy) is 2. The van der Waals surface area contributed by atoms with E-state index < -0.39 is 17.3 Å². The first-order chi connectivity index (χ1) is 11.9. The molecule has 1 unspecified atom stereocenters. The molecule has 1 spiro atoms. The summed E-state index contributed by atoms with van der Waals surface area (Å²) in [6.07, 6.45) is -0.0753. The maximum Gasteiger partial charge on any atom is 0.417 e. The van der Waals surface area contributed by atoms with Crippen LogP contribution >= 0.6 is 0 Å². The van der Waals surface area contributed by atoms with Crippen molar-refractivity contribution in [2.24, 2.45) is 0 Å². The number of hydrogen-bond acceptors (Lipinski definition) is 4. The number of carbonyl (C=O) groups excluding carboxylic acids is 1. The molecule has 2 aromatic carbocycles. The van der Waals surface area contributed by atoms with Gasteiger partial charge in [-0.25, -0.2) is 4.79 Å². The molecule has 1 saturated heterocycles. The molecule has 1 N–H and O–H groups in total. The van der Waals surface area contributed by atoms with Gasteiger partial charge in [-0.15, -0.1) is 0 Å². The molecule has 5 nitrogen and oxygen atoms in total. The van der Waals surface area contributed by atoms with Gasteiger partial charge in [-0.2, -0.15) is 0 Å². The highest BCUT2D eigenvalue weighted by Gasteiger charge is 2.58.